The van der Waals surface area contributed by atoms with Crippen molar-refractivity contribution in [1.29, 1.82) is 0 Å². The number of tetrazole rings is 1. The van der Waals surface area contributed by atoms with E-state index in [1.807, 2.05) is 0 Å². The summed E-state index contributed by atoms with van der Waals surface area (Å²) in [5.74, 6) is 0.200. The molecule has 0 aliphatic rings. The molecule has 8 heteroatoms. The van der Waals surface area contributed by atoms with Gasteiger partial charge in [-0.1, -0.05) is 0 Å². The van der Waals surface area contributed by atoms with Crippen LogP contribution in [0.3, 0.4) is 0 Å². The molecule has 0 aliphatic heterocycles. The molecule has 0 fully saturated rings. The second-order valence-electron chi connectivity index (χ2n) is 3.36. The molecule has 0 saturated heterocycles. The number of nitrogens with zero attached hydrogens (tertiary/aromatic N) is 5. The number of rotatable bonds is 4. The highest BCUT2D eigenvalue weighted by atomic mass is 16.5. The smallest absolute Gasteiger partial charge is 0.328 e. The van der Waals surface area contributed by atoms with Crippen LogP contribution >= 0.6 is 0 Å². The Morgan fingerprint density at radius 2 is 2.41 bits per heavy atom. The molecule has 2 aromatic rings. The largest absolute Gasteiger partial charge is 0.464 e. The monoisotopic (exact) mass is 236 g/mol. The van der Waals surface area contributed by atoms with E-state index in [-0.39, 0.29) is 5.97 Å². The van der Waals surface area contributed by atoms with Crippen LogP contribution in [0.15, 0.2) is 12.4 Å². The van der Waals surface area contributed by atoms with Crippen LogP contribution in [0.2, 0.25) is 0 Å². The normalized spacial score (nSPS) is 12.4. The van der Waals surface area contributed by atoms with Gasteiger partial charge in [-0.25, -0.2) is 4.79 Å². The van der Waals surface area contributed by atoms with Crippen molar-refractivity contribution in [2.45, 2.75) is 19.9 Å². The fraction of sp³-hybridized carbons (Fsp3) is 0.444. The summed E-state index contributed by atoms with van der Waals surface area (Å²) in [5, 5.41) is 14.0. The predicted octanol–water partition coefficient (Wildman–Crippen LogP) is -0.117. The Morgan fingerprint density at radius 3 is 3.18 bits per heavy atom. The van der Waals surface area contributed by atoms with E-state index in [0.29, 0.717) is 18.1 Å². The van der Waals surface area contributed by atoms with Gasteiger partial charge < -0.3 is 10.1 Å². The van der Waals surface area contributed by atoms with Gasteiger partial charge in [0.1, 0.15) is 6.04 Å². The van der Waals surface area contributed by atoms with E-state index in [9.17, 15) is 4.79 Å². The molecule has 0 aliphatic carbocycles. The summed E-state index contributed by atoms with van der Waals surface area (Å²) < 4.78 is 6.35. The number of carbonyl (C=O) groups excluding carboxylic acids is 1. The molecule has 0 aromatic carbocycles. The average Bonchev–Trinajstić information content (AvgIpc) is 2.78. The minimum atomic E-state index is -0.494. The van der Waals surface area contributed by atoms with E-state index in [4.69, 9.17) is 4.74 Å². The molecule has 2 heterocycles. The Balaban J connectivity index is 2.18. The van der Waals surface area contributed by atoms with Crippen molar-refractivity contribution in [3.05, 3.63) is 12.4 Å². The number of aromatic nitrogens is 5. The van der Waals surface area contributed by atoms with Crippen LogP contribution in [-0.4, -0.2) is 43.6 Å². The van der Waals surface area contributed by atoms with Gasteiger partial charge in [-0.15, -0.1) is 5.10 Å². The van der Waals surface area contributed by atoms with Crippen LogP contribution in [0.25, 0.3) is 5.65 Å². The third-order valence-corrected chi connectivity index (χ3v) is 2.11. The lowest BCUT2D eigenvalue weighted by molar-refractivity contribution is -0.143. The first-order valence-corrected chi connectivity index (χ1v) is 5.17. The Bertz CT molecular complexity index is 525. The first kappa shape index (κ1) is 11.2. The molecule has 1 N–H and O–H groups in total. The maximum atomic E-state index is 11.5. The molecular formula is C9H12N6O2. The summed E-state index contributed by atoms with van der Waals surface area (Å²) >= 11 is 0. The zero-order chi connectivity index (χ0) is 12.3. The van der Waals surface area contributed by atoms with Crippen molar-refractivity contribution in [1.82, 2.24) is 25.0 Å². The molecule has 0 bridgehead atoms. The van der Waals surface area contributed by atoms with Crippen molar-refractivity contribution in [2.24, 2.45) is 0 Å². The third kappa shape index (κ3) is 2.30. The highest BCUT2D eigenvalue weighted by Gasteiger charge is 2.15. The van der Waals surface area contributed by atoms with Gasteiger partial charge >= 0.3 is 5.97 Å². The molecule has 0 spiro atoms. The number of fused-ring (bicyclic) bond motifs is 1. The van der Waals surface area contributed by atoms with Crippen LogP contribution in [-0.2, 0) is 9.53 Å². The molecule has 1 atom stereocenters. The lowest BCUT2D eigenvalue weighted by Crippen LogP contribution is -2.29. The summed E-state index contributed by atoms with van der Waals surface area (Å²) in [7, 11) is 0. The molecule has 0 amide bonds. The summed E-state index contributed by atoms with van der Waals surface area (Å²) in [6, 6.07) is -0.494. The van der Waals surface area contributed by atoms with Crippen molar-refractivity contribution in [3.63, 3.8) is 0 Å². The Labute approximate surface area is 97.0 Å². The van der Waals surface area contributed by atoms with Crippen LogP contribution in [0.5, 0.6) is 0 Å². The molecule has 1 unspecified atom stereocenters. The van der Waals surface area contributed by atoms with Crippen molar-refractivity contribution in [2.75, 3.05) is 11.9 Å². The van der Waals surface area contributed by atoms with Gasteiger partial charge in [-0.05, 0) is 24.3 Å². The topological polar surface area (TPSA) is 94.3 Å². The van der Waals surface area contributed by atoms with Crippen LogP contribution < -0.4 is 5.32 Å². The third-order valence-electron chi connectivity index (χ3n) is 2.11. The highest BCUT2D eigenvalue weighted by molar-refractivity contribution is 5.78. The van der Waals surface area contributed by atoms with Crippen LogP contribution in [0.4, 0.5) is 5.82 Å². The zero-order valence-electron chi connectivity index (χ0n) is 9.49. The van der Waals surface area contributed by atoms with E-state index >= 15 is 0 Å². The van der Waals surface area contributed by atoms with E-state index in [1.54, 1.807) is 20.0 Å². The fourth-order valence-corrected chi connectivity index (χ4v) is 1.32. The van der Waals surface area contributed by atoms with E-state index in [2.05, 4.69) is 25.8 Å². The summed E-state index contributed by atoms with van der Waals surface area (Å²) in [5.41, 5.74) is 0.506. The molecule has 8 nitrogen and oxygen atoms in total. The molecule has 0 radical (unpaired) electrons. The zero-order valence-corrected chi connectivity index (χ0v) is 9.49. The Hall–Kier alpha value is -2.25. The number of hydrogen-bond donors (Lipinski definition) is 1. The molecule has 2 aromatic heterocycles. The van der Waals surface area contributed by atoms with Gasteiger partial charge in [-0.2, -0.15) is 4.52 Å². The van der Waals surface area contributed by atoms with Crippen molar-refractivity contribution >= 4 is 17.4 Å². The second kappa shape index (κ2) is 4.73. The van der Waals surface area contributed by atoms with E-state index in [0.717, 1.165) is 0 Å². The predicted molar refractivity (Wildman–Crippen MR) is 58.3 cm³/mol. The Morgan fingerprint density at radius 1 is 1.59 bits per heavy atom. The van der Waals surface area contributed by atoms with Gasteiger partial charge in [0.05, 0.1) is 19.0 Å². The molecule has 2 rings (SSSR count). The van der Waals surface area contributed by atoms with Gasteiger partial charge in [0.2, 0.25) is 0 Å². The maximum absolute atomic E-state index is 11.5. The lowest BCUT2D eigenvalue weighted by atomic mass is 10.3. The standard InChI is InChI=1S/C9H12N6O2/c1-3-17-9(16)6(2)11-7-4-10-5-8-12-13-14-15(7)8/h4-6,11H,3H2,1-2H3. The van der Waals surface area contributed by atoms with Crippen LogP contribution in [0, 0.1) is 0 Å². The number of carbonyl (C=O) groups is 1. The average molecular weight is 236 g/mol. The molecule has 17 heavy (non-hydrogen) atoms. The number of ether oxygens (including phenoxy) is 1. The first-order valence-electron chi connectivity index (χ1n) is 5.17. The summed E-state index contributed by atoms with van der Waals surface area (Å²) in [6.07, 6.45) is 3.07. The summed E-state index contributed by atoms with van der Waals surface area (Å²) in [6.45, 7) is 3.80. The number of esters is 1. The van der Waals surface area contributed by atoms with E-state index in [1.165, 1.54) is 10.7 Å². The van der Waals surface area contributed by atoms with Crippen molar-refractivity contribution < 1.29 is 9.53 Å². The maximum Gasteiger partial charge on any atom is 0.328 e. The molecule has 0 saturated carbocycles. The van der Waals surface area contributed by atoms with Gasteiger partial charge in [-0.3, -0.25) is 4.98 Å². The SMILES string of the molecule is CCOC(=O)C(C)Nc1cncc2nnnn12. The summed E-state index contributed by atoms with van der Waals surface area (Å²) in [4.78, 5) is 15.4. The number of hydrogen-bond acceptors (Lipinski definition) is 7. The van der Waals surface area contributed by atoms with Crippen LogP contribution in [0.1, 0.15) is 13.8 Å². The van der Waals surface area contributed by atoms with Gasteiger partial charge in [0.25, 0.3) is 0 Å². The second-order valence-corrected chi connectivity index (χ2v) is 3.36. The minimum Gasteiger partial charge on any atom is -0.464 e. The highest BCUT2D eigenvalue weighted by Crippen LogP contribution is 2.07. The van der Waals surface area contributed by atoms with Gasteiger partial charge in [0, 0.05) is 0 Å². The minimum absolute atomic E-state index is 0.336. The number of anilines is 1. The molecular weight excluding hydrogens is 224 g/mol. The van der Waals surface area contributed by atoms with Crippen molar-refractivity contribution in [3.8, 4) is 0 Å². The first-order chi connectivity index (χ1) is 8.22. The van der Waals surface area contributed by atoms with E-state index < -0.39 is 6.04 Å². The van der Waals surface area contributed by atoms with Gasteiger partial charge in [0.15, 0.2) is 11.5 Å². The Kier molecular flexibility index (Phi) is 3.12. The fourth-order valence-electron chi connectivity index (χ4n) is 1.32. The number of nitrogens with one attached hydrogen (secondary N) is 1. The lowest BCUT2D eigenvalue weighted by Gasteiger charge is -2.13. The molecule has 90 valence electrons. The quantitative estimate of drug-likeness (QED) is 0.739.